The summed E-state index contributed by atoms with van der Waals surface area (Å²) >= 11 is 10.7. The van der Waals surface area contributed by atoms with Crippen LogP contribution < -0.4 is 4.74 Å². The van der Waals surface area contributed by atoms with Crippen LogP contribution in [0.4, 0.5) is 0 Å². The smallest absolute Gasteiger partial charge is 0.213 e. The molecular weight excluding hydrogens is 246 g/mol. The van der Waals surface area contributed by atoms with Gasteiger partial charge in [-0.1, -0.05) is 11.6 Å². The summed E-state index contributed by atoms with van der Waals surface area (Å²) in [6.45, 7) is 2.27. The highest BCUT2D eigenvalue weighted by Gasteiger charge is 2.01. The molecule has 0 aliphatic heterocycles. The van der Waals surface area contributed by atoms with Crippen molar-refractivity contribution in [3.8, 4) is 5.75 Å². The highest BCUT2D eigenvalue weighted by Crippen LogP contribution is 2.21. The Morgan fingerprint density at radius 1 is 1.44 bits per heavy atom. The normalized spacial score (nSPS) is 10.4. The summed E-state index contributed by atoms with van der Waals surface area (Å²) in [5.74, 6) is 1.42. The number of H-pyrrole nitrogens is 2. The van der Waals surface area contributed by atoms with Gasteiger partial charge in [0, 0.05) is 5.02 Å². The lowest BCUT2D eigenvalue weighted by Crippen LogP contribution is -1.97. The molecule has 1 aromatic carbocycles. The van der Waals surface area contributed by atoms with E-state index in [0.717, 1.165) is 16.3 Å². The number of ether oxygens (including phenoxy) is 1. The largest absolute Gasteiger partial charge is 0.486 e. The van der Waals surface area contributed by atoms with Crippen molar-refractivity contribution in [1.82, 2.24) is 15.2 Å². The van der Waals surface area contributed by atoms with Crippen molar-refractivity contribution in [1.29, 1.82) is 0 Å². The first kappa shape index (κ1) is 11.2. The zero-order chi connectivity index (χ0) is 11.5. The molecule has 6 heteroatoms. The molecule has 0 saturated heterocycles. The first-order valence-corrected chi connectivity index (χ1v) is 5.46. The number of rotatable bonds is 3. The molecule has 1 heterocycles. The molecule has 0 aliphatic rings. The van der Waals surface area contributed by atoms with Gasteiger partial charge in [0.25, 0.3) is 0 Å². The summed E-state index contributed by atoms with van der Waals surface area (Å²) in [5, 5.41) is 6.24. The Hall–Kier alpha value is -1.33. The van der Waals surface area contributed by atoms with E-state index < -0.39 is 0 Å². The van der Waals surface area contributed by atoms with Gasteiger partial charge in [-0.2, -0.15) is 0 Å². The Kier molecular flexibility index (Phi) is 3.26. The molecule has 0 radical (unpaired) electrons. The summed E-state index contributed by atoms with van der Waals surface area (Å²) in [4.78, 5) is 4.02. The predicted octanol–water partition coefficient (Wildman–Crippen LogP) is 3.01. The molecule has 0 saturated carbocycles. The van der Waals surface area contributed by atoms with Crippen LogP contribution in [0.25, 0.3) is 0 Å². The van der Waals surface area contributed by atoms with E-state index in [0.29, 0.717) is 17.2 Å². The fourth-order valence-corrected chi connectivity index (χ4v) is 1.51. The number of aromatic amines is 2. The summed E-state index contributed by atoms with van der Waals surface area (Å²) in [5.41, 5.74) is 0.981. The van der Waals surface area contributed by atoms with E-state index in [2.05, 4.69) is 15.2 Å². The second-order valence-electron chi connectivity index (χ2n) is 3.31. The molecule has 0 spiro atoms. The lowest BCUT2D eigenvalue weighted by atomic mass is 10.2. The van der Waals surface area contributed by atoms with Crippen molar-refractivity contribution in [2.75, 3.05) is 0 Å². The second-order valence-corrected chi connectivity index (χ2v) is 4.11. The molecule has 0 bridgehead atoms. The van der Waals surface area contributed by atoms with Crippen molar-refractivity contribution in [2.24, 2.45) is 0 Å². The first-order chi connectivity index (χ1) is 7.65. The first-order valence-electron chi connectivity index (χ1n) is 4.67. The number of benzene rings is 1. The minimum Gasteiger partial charge on any atom is -0.486 e. The monoisotopic (exact) mass is 255 g/mol. The molecule has 0 aliphatic carbocycles. The van der Waals surface area contributed by atoms with Gasteiger partial charge in [-0.25, -0.2) is 4.98 Å². The minimum atomic E-state index is 0.341. The van der Waals surface area contributed by atoms with Crippen molar-refractivity contribution < 1.29 is 4.74 Å². The molecule has 2 N–H and O–H groups in total. The van der Waals surface area contributed by atoms with E-state index in [1.54, 1.807) is 6.07 Å². The van der Waals surface area contributed by atoms with Gasteiger partial charge in [-0.05, 0) is 42.9 Å². The number of nitrogens with zero attached hydrogens (tertiary/aromatic N) is 1. The van der Waals surface area contributed by atoms with Crippen LogP contribution in [0.2, 0.25) is 5.02 Å². The standard InChI is InChI=1S/C10H10ClN3OS/c1-6-4-7(2-3-8(6)11)15-5-9-12-10(16)14-13-9/h2-4H,5H2,1H3,(H2,12,13,14,16). The third kappa shape index (κ3) is 2.62. The van der Waals surface area contributed by atoms with E-state index in [9.17, 15) is 0 Å². The summed E-state index contributed by atoms with van der Waals surface area (Å²) in [6.07, 6.45) is 0. The molecular formula is C10H10ClN3OS. The molecule has 0 amide bonds. The summed E-state index contributed by atoms with van der Waals surface area (Å²) in [7, 11) is 0. The van der Waals surface area contributed by atoms with E-state index >= 15 is 0 Å². The molecule has 0 unspecified atom stereocenters. The quantitative estimate of drug-likeness (QED) is 0.829. The van der Waals surface area contributed by atoms with Gasteiger partial charge in [0.1, 0.15) is 12.4 Å². The van der Waals surface area contributed by atoms with Gasteiger partial charge in [-0.15, -0.1) is 0 Å². The highest BCUT2D eigenvalue weighted by atomic mass is 35.5. The molecule has 84 valence electrons. The Morgan fingerprint density at radius 3 is 2.88 bits per heavy atom. The van der Waals surface area contributed by atoms with Gasteiger partial charge in [0.2, 0.25) is 4.77 Å². The average molecular weight is 256 g/mol. The van der Waals surface area contributed by atoms with Crippen LogP contribution in [-0.2, 0) is 6.61 Å². The number of aryl methyl sites for hydroxylation is 1. The number of hydrogen-bond donors (Lipinski definition) is 2. The number of nitrogens with one attached hydrogen (secondary N) is 2. The zero-order valence-corrected chi connectivity index (χ0v) is 10.2. The van der Waals surface area contributed by atoms with Crippen LogP contribution in [0.1, 0.15) is 11.4 Å². The third-order valence-corrected chi connectivity index (χ3v) is 2.67. The van der Waals surface area contributed by atoms with Crippen molar-refractivity contribution in [2.45, 2.75) is 13.5 Å². The maximum atomic E-state index is 5.91. The van der Waals surface area contributed by atoms with Crippen molar-refractivity contribution in [3.63, 3.8) is 0 Å². The number of hydrogen-bond acceptors (Lipinski definition) is 3. The van der Waals surface area contributed by atoms with E-state index in [1.807, 2.05) is 19.1 Å². The lowest BCUT2D eigenvalue weighted by molar-refractivity contribution is 0.296. The van der Waals surface area contributed by atoms with Crippen LogP contribution >= 0.6 is 23.8 Å². The fourth-order valence-electron chi connectivity index (χ4n) is 1.23. The van der Waals surface area contributed by atoms with Crippen LogP contribution in [0.15, 0.2) is 18.2 Å². The molecule has 0 atom stereocenters. The molecule has 16 heavy (non-hydrogen) atoms. The molecule has 0 fully saturated rings. The molecule has 2 aromatic rings. The van der Waals surface area contributed by atoms with Crippen LogP contribution in [0.3, 0.4) is 0 Å². The van der Waals surface area contributed by atoms with Crippen LogP contribution in [0, 0.1) is 11.7 Å². The Bertz CT molecular complexity index is 549. The van der Waals surface area contributed by atoms with Crippen molar-refractivity contribution >= 4 is 23.8 Å². The van der Waals surface area contributed by atoms with Gasteiger partial charge in [-0.3, -0.25) is 10.2 Å². The Morgan fingerprint density at radius 2 is 2.25 bits per heavy atom. The summed E-state index contributed by atoms with van der Waals surface area (Å²) in [6, 6.07) is 5.50. The number of aromatic nitrogens is 3. The SMILES string of the molecule is Cc1cc(OCc2nc(=S)[nH][nH]2)ccc1Cl. The number of halogens is 1. The molecule has 2 rings (SSSR count). The van der Waals surface area contributed by atoms with Gasteiger partial charge < -0.3 is 4.74 Å². The van der Waals surface area contributed by atoms with E-state index in [4.69, 9.17) is 28.6 Å². The minimum absolute atomic E-state index is 0.341. The maximum Gasteiger partial charge on any atom is 0.213 e. The fraction of sp³-hybridized carbons (Fsp3) is 0.200. The van der Waals surface area contributed by atoms with Gasteiger partial charge in [0.15, 0.2) is 5.82 Å². The Labute approximate surface area is 103 Å². The average Bonchev–Trinajstić information content (AvgIpc) is 2.66. The van der Waals surface area contributed by atoms with E-state index in [1.165, 1.54) is 0 Å². The second kappa shape index (κ2) is 4.67. The third-order valence-electron chi connectivity index (χ3n) is 2.06. The van der Waals surface area contributed by atoms with Crippen molar-refractivity contribution in [3.05, 3.63) is 39.4 Å². The molecule has 1 aromatic heterocycles. The maximum absolute atomic E-state index is 5.91. The zero-order valence-electron chi connectivity index (χ0n) is 8.58. The Balaban J connectivity index is 2.04. The van der Waals surface area contributed by atoms with Crippen LogP contribution in [-0.4, -0.2) is 15.2 Å². The molecule has 4 nitrogen and oxygen atoms in total. The van der Waals surface area contributed by atoms with Gasteiger partial charge in [0.05, 0.1) is 0 Å². The highest BCUT2D eigenvalue weighted by molar-refractivity contribution is 7.71. The lowest BCUT2D eigenvalue weighted by Gasteiger charge is -2.05. The van der Waals surface area contributed by atoms with Crippen LogP contribution in [0.5, 0.6) is 5.75 Å². The predicted molar refractivity (Wildman–Crippen MR) is 64.3 cm³/mol. The topological polar surface area (TPSA) is 53.7 Å². The van der Waals surface area contributed by atoms with E-state index in [-0.39, 0.29) is 0 Å². The van der Waals surface area contributed by atoms with Gasteiger partial charge >= 0.3 is 0 Å². The summed E-state index contributed by atoms with van der Waals surface area (Å²) < 4.78 is 5.94.